The van der Waals surface area contributed by atoms with Crippen LogP contribution in [-0.4, -0.2) is 37.1 Å². The van der Waals surface area contributed by atoms with Gasteiger partial charge in [0, 0.05) is 18.6 Å². The summed E-state index contributed by atoms with van der Waals surface area (Å²) in [5, 5.41) is 3.74. The number of hydrogen-bond donors (Lipinski definition) is 1. The van der Waals surface area contributed by atoms with Gasteiger partial charge in [-0.3, -0.25) is 0 Å². The maximum absolute atomic E-state index is 3.74. The van der Waals surface area contributed by atoms with Crippen LogP contribution in [0, 0.1) is 0 Å². The summed E-state index contributed by atoms with van der Waals surface area (Å²) in [4.78, 5) is 2.40. The zero-order valence-corrected chi connectivity index (χ0v) is 11.0. The van der Waals surface area contributed by atoms with Crippen LogP contribution in [0.15, 0.2) is 30.3 Å². The summed E-state index contributed by atoms with van der Waals surface area (Å²) < 4.78 is 0. The Morgan fingerprint density at radius 3 is 2.76 bits per heavy atom. The zero-order chi connectivity index (χ0) is 12.1. The van der Waals surface area contributed by atoms with E-state index in [0.717, 1.165) is 0 Å². The van der Waals surface area contributed by atoms with Crippen molar-refractivity contribution >= 4 is 0 Å². The summed E-state index contributed by atoms with van der Waals surface area (Å²) in [5.41, 5.74) is 1.45. The van der Waals surface area contributed by atoms with Crippen molar-refractivity contribution in [3.05, 3.63) is 35.9 Å². The largest absolute Gasteiger partial charge is 0.310 e. The van der Waals surface area contributed by atoms with Gasteiger partial charge in [-0.1, -0.05) is 30.3 Å². The predicted octanol–water partition coefficient (Wildman–Crippen LogP) is 2.30. The van der Waals surface area contributed by atoms with Crippen molar-refractivity contribution in [2.75, 3.05) is 20.1 Å². The molecular formula is C15H24N2. The van der Waals surface area contributed by atoms with Crippen LogP contribution in [0.2, 0.25) is 0 Å². The normalized spacial score (nSPS) is 22.8. The molecule has 0 amide bonds. The number of aryl methyl sites for hydroxylation is 1. The molecule has 2 rings (SSSR count). The number of rotatable bonds is 5. The van der Waals surface area contributed by atoms with Crippen molar-refractivity contribution in [1.82, 2.24) is 10.2 Å². The second-order valence-electron chi connectivity index (χ2n) is 5.34. The molecule has 1 N–H and O–H groups in total. The van der Waals surface area contributed by atoms with E-state index >= 15 is 0 Å². The van der Waals surface area contributed by atoms with Crippen LogP contribution in [0.5, 0.6) is 0 Å². The summed E-state index contributed by atoms with van der Waals surface area (Å²) in [6.45, 7) is 4.75. The third-order valence-electron chi connectivity index (χ3n) is 3.62. The molecule has 0 bridgehead atoms. The Bertz CT molecular complexity index is 323. The van der Waals surface area contributed by atoms with Gasteiger partial charge in [0.15, 0.2) is 0 Å². The lowest BCUT2D eigenvalue weighted by atomic mass is 10.1. The molecule has 1 aromatic rings. The van der Waals surface area contributed by atoms with Crippen LogP contribution >= 0.6 is 0 Å². The molecule has 0 spiro atoms. The van der Waals surface area contributed by atoms with E-state index in [1.807, 2.05) is 0 Å². The molecule has 0 radical (unpaired) electrons. The highest BCUT2D eigenvalue weighted by molar-refractivity contribution is 5.14. The van der Waals surface area contributed by atoms with Crippen LogP contribution in [0.3, 0.4) is 0 Å². The molecule has 0 saturated carbocycles. The van der Waals surface area contributed by atoms with E-state index in [4.69, 9.17) is 0 Å². The van der Waals surface area contributed by atoms with Crippen LogP contribution in [0.1, 0.15) is 25.3 Å². The average Bonchev–Trinajstić information content (AvgIpc) is 2.73. The van der Waals surface area contributed by atoms with Gasteiger partial charge in [0.1, 0.15) is 0 Å². The molecular weight excluding hydrogens is 208 g/mol. The van der Waals surface area contributed by atoms with Gasteiger partial charge in [0.25, 0.3) is 0 Å². The predicted molar refractivity (Wildman–Crippen MR) is 73.3 cm³/mol. The topological polar surface area (TPSA) is 15.3 Å². The maximum Gasteiger partial charge on any atom is 0.0209 e. The lowest BCUT2D eigenvalue weighted by Gasteiger charge is -2.19. The second-order valence-corrected chi connectivity index (χ2v) is 5.34. The zero-order valence-electron chi connectivity index (χ0n) is 11.0. The molecule has 1 fully saturated rings. The van der Waals surface area contributed by atoms with E-state index < -0.39 is 0 Å². The monoisotopic (exact) mass is 232 g/mol. The van der Waals surface area contributed by atoms with E-state index in [2.05, 4.69) is 54.5 Å². The van der Waals surface area contributed by atoms with Gasteiger partial charge >= 0.3 is 0 Å². The van der Waals surface area contributed by atoms with Crippen molar-refractivity contribution < 1.29 is 0 Å². The Morgan fingerprint density at radius 2 is 2.12 bits per heavy atom. The molecule has 1 aliphatic rings. The van der Waals surface area contributed by atoms with Crippen molar-refractivity contribution in [1.29, 1.82) is 0 Å². The van der Waals surface area contributed by atoms with Crippen LogP contribution in [0.4, 0.5) is 0 Å². The van der Waals surface area contributed by atoms with E-state index in [9.17, 15) is 0 Å². The fourth-order valence-electron chi connectivity index (χ4n) is 2.58. The molecule has 94 valence electrons. The molecule has 2 heteroatoms. The summed E-state index contributed by atoms with van der Waals surface area (Å²) >= 11 is 0. The van der Waals surface area contributed by atoms with Crippen molar-refractivity contribution in [3.8, 4) is 0 Å². The van der Waals surface area contributed by atoms with Crippen molar-refractivity contribution in [2.24, 2.45) is 0 Å². The highest BCUT2D eigenvalue weighted by Gasteiger charge is 2.20. The Morgan fingerprint density at radius 1 is 1.35 bits per heavy atom. The van der Waals surface area contributed by atoms with Gasteiger partial charge in [0.05, 0.1) is 0 Å². The number of likely N-dealkylation sites (tertiary alicyclic amines) is 1. The molecule has 2 nitrogen and oxygen atoms in total. The fourth-order valence-corrected chi connectivity index (χ4v) is 2.58. The number of nitrogens with one attached hydrogen (secondary N) is 1. The highest BCUT2D eigenvalue weighted by atomic mass is 15.2. The van der Waals surface area contributed by atoms with E-state index in [-0.39, 0.29) is 0 Å². The maximum atomic E-state index is 3.74. The summed E-state index contributed by atoms with van der Waals surface area (Å²) in [5.74, 6) is 0. The van der Waals surface area contributed by atoms with E-state index in [0.29, 0.717) is 12.1 Å². The minimum Gasteiger partial charge on any atom is -0.310 e. The standard InChI is InChI=1S/C15H24N2/c1-13(16-15-10-11-17(2)12-15)8-9-14-6-4-3-5-7-14/h3-7,13,15-16H,8-12H2,1-2H3. The summed E-state index contributed by atoms with van der Waals surface area (Å²) in [6.07, 6.45) is 3.70. The summed E-state index contributed by atoms with van der Waals surface area (Å²) in [7, 11) is 2.20. The van der Waals surface area contributed by atoms with Crippen LogP contribution < -0.4 is 5.32 Å². The molecule has 17 heavy (non-hydrogen) atoms. The molecule has 1 aromatic carbocycles. The minimum atomic E-state index is 0.617. The first-order valence-corrected chi connectivity index (χ1v) is 6.72. The smallest absolute Gasteiger partial charge is 0.0209 e. The second kappa shape index (κ2) is 6.18. The lowest BCUT2D eigenvalue weighted by molar-refractivity contribution is 0.380. The van der Waals surface area contributed by atoms with Gasteiger partial charge < -0.3 is 10.2 Å². The molecule has 1 heterocycles. The van der Waals surface area contributed by atoms with Crippen LogP contribution in [0.25, 0.3) is 0 Å². The fraction of sp³-hybridized carbons (Fsp3) is 0.600. The highest BCUT2D eigenvalue weighted by Crippen LogP contribution is 2.10. The Balaban J connectivity index is 1.69. The number of benzene rings is 1. The molecule has 1 saturated heterocycles. The quantitative estimate of drug-likeness (QED) is 0.838. The Hall–Kier alpha value is -0.860. The Labute approximate surface area is 105 Å². The SMILES string of the molecule is CC(CCc1ccccc1)NC1CCN(C)C1. The summed E-state index contributed by atoms with van der Waals surface area (Å²) in [6, 6.07) is 12.1. The van der Waals surface area contributed by atoms with Crippen LogP contribution in [-0.2, 0) is 6.42 Å². The lowest BCUT2D eigenvalue weighted by Crippen LogP contribution is -2.38. The van der Waals surface area contributed by atoms with E-state index in [1.165, 1.54) is 37.9 Å². The third-order valence-corrected chi connectivity index (χ3v) is 3.62. The minimum absolute atomic E-state index is 0.617. The van der Waals surface area contributed by atoms with Crippen molar-refractivity contribution in [3.63, 3.8) is 0 Å². The Kier molecular flexibility index (Phi) is 4.57. The van der Waals surface area contributed by atoms with Gasteiger partial charge in [0.2, 0.25) is 0 Å². The van der Waals surface area contributed by atoms with Gasteiger partial charge in [-0.15, -0.1) is 0 Å². The molecule has 2 unspecified atom stereocenters. The third kappa shape index (κ3) is 4.14. The van der Waals surface area contributed by atoms with Gasteiger partial charge in [-0.05, 0) is 45.3 Å². The van der Waals surface area contributed by atoms with Gasteiger partial charge in [-0.2, -0.15) is 0 Å². The van der Waals surface area contributed by atoms with Gasteiger partial charge in [-0.25, -0.2) is 0 Å². The first kappa shape index (κ1) is 12.6. The number of hydrogen-bond acceptors (Lipinski definition) is 2. The average molecular weight is 232 g/mol. The molecule has 1 aliphatic heterocycles. The number of likely N-dealkylation sites (N-methyl/N-ethyl adjacent to an activating group) is 1. The van der Waals surface area contributed by atoms with E-state index in [1.54, 1.807) is 0 Å². The number of nitrogens with zero attached hydrogens (tertiary/aromatic N) is 1. The first-order valence-electron chi connectivity index (χ1n) is 6.72. The molecule has 2 atom stereocenters. The molecule has 0 aliphatic carbocycles. The first-order chi connectivity index (χ1) is 8.24. The molecule has 0 aromatic heterocycles. The van der Waals surface area contributed by atoms with Crippen molar-refractivity contribution in [2.45, 2.75) is 38.3 Å².